The Labute approximate surface area is 163 Å². The Morgan fingerprint density at radius 3 is 2.41 bits per heavy atom. The minimum Gasteiger partial charge on any atom is -0.444 e. The van der Waals surface area contributed by atoms with E-state index in [0.29, 0.717) is 0 Å². The van der Waals surface area contributed by atoms with Gasteiger partial charge in [-0.15, -0.1) is 0 Å². The third-order valence-corrected chi connectivity index (χ3v) is 5.18. The van der Waals surface area contributed by atoms with Crippen LogP contribution in [0.5, 0.6) is 0 Å². The number of amides is 2. The minimum absolute atomic E-state index is 0.149. The van der Waals surface area contributed by atoms with Crippen LogP contribution in [0.25, 0.3) is 0 Å². The number of carbonyl (C=O) groups excluding carboxylic acids is 2. The molecule has 9 heteroatoms. The first-order chi connectivity index (χ1) is 12.3. The first-order valence-corrected chi connectivity index (χ1v) is 9.32. The number of halogens is 4. The highest BCUT2D eigenvalue weighted by Crippen LogP contribution is 2.46. The van der Waals surface area contributed by atoms with Gasteiger partial charge < -0.3 is 14.5 Å². The lowest BCUT2D eigenvalue weighted by molar-refractivity contribution is -0.138. The molecule has 0 saturated carbocycles. The van der Waals surface area contributed by atoms with E-state index >= 15 is 0 Å². The van der Waals surface area contributed by atoms with E-state index in [1.54, 1.807) is 27.7 Å². The van der Waals surface area contributed by atoms with Crippen molar-refractivity contribution in [2.45, 2.75) is 51.6 Å². The SMILES string of the molecule is C[C@H]1[C@H]2c3cc(Br)cc(C(F)(F)F)c3C(=O)N2CCN1C(=O)OC(C)(C)C. The van der Waals surface area contributed by atoms with Crippen molar-refractivity contribution >= 4 is 27.9 Å². The van der Waals surface area contributed by atoms with E-state index in [9.17, 15) is 22.8 Å². The van der Waals surface area contributed by atoms with Crippen molar-refractivity contribution in [3.8, 4) is 0 Å². The molecule has 1 fully saturated rings. The van der Waals surface area contributed by atoms with Crippen LogP contribution < -0.4 is 0 Å². The lowest BCUT2D eigenvalue weighted by Crippen LogP contribution is -2.55. The topological polar surface area (TPSA) is 49.9 Å². The van der Waals surface area contributed by atoms with Gasteiger partial charge in [0.1, 0.15) is 5.60 Å². The van der Waals surface area contributed by atoms with Crippen LogP contribution in [0.1, 0.15) is 55.2 Å². The Bertz CT molecular complexity index is 804. The molecule has 0 bridgehead atoms. The van der Waals surface area contributed by atoms with Crippen molar-refractivity contribution in [1.29, 1.82) is 0 Å². The van der Waals surface area contributed by atoms with Crippen molar-refractivity contribution in [3.05, 3.63) is 33.3 Å². The second-order valence-electron chi connectivity index (χ2n) is 7.77. The van der Waals surface area contributed by atoms with Crippen LogP contribution >= 0.6 is 15.9 Å². The third-order valence-electron chi connectivity index (χ3n) is 4.73. The molecule has 27 heavy (non-hydrogen) atoms. The van der Waals surface area contributed by atoms with Crippen molar-refractivity contribution in [2.24, 2.45) is 0 Å². The molecule has 2 aliphatic heterocycles. The van der Waals surface area contributed by atoms with Crippen molar-refractivity contribution in [2.75, 3.05) is 13.1 Å². The minimum atomic E-state index is -4.65. The zero-order valence-electron chi connectivity index (χ0n) is 15.4. The number of ether oxygens (including phenoxy) is 1. The summed E-state index contributed by atoms with van der Waals surface area (Å²) < 4.78 is 46.1. The molecule has 5 nitrogen and oxygen atoms in total. The third kappa shape index (κ3) is 3.53. The van der Waals surface area contributed by atoms with Crippen molar-refractivity contribution in [1.82, 2.24) is 9.80 Å². The molecule has 0 radical (unpaired) electrons. The van der Waals surface area contributed by atoms with Crippen LogP contribution in [0.3, 0.4) is 0 Å². The van der Waals surface area contributed by atoms with Gasteiger partial charge in [0, 0.05) is 17.6 Å². The lowest BCUT2D eigenvalue weighted by atomic mass is 9.94. The van der Waals surface area contributed by atoms with E-state index in [-0.39, 0.29) is 28.7 Å². The first-order valence-electron chi connectivity index (χ1n) is 8.52. The first kappa shape index (κ1) is 20.0. The van der Waals surface area contributed by atoms with E-state index < -0.39 is 41.4 Å². The zero-order chi connectivity index (χ0) is 20.3. The van der Waals surface area contributed by atoms with Gasteiger partial charge in [-0.2, -0.15) is 13.2 Å². The molecule has 2 aliphatic rings. The van der Waals surface area contributed by atoms with Gasteiger partial charge in [0.05, 0.1) is 23.2 Å². The number of rotatable bonds is 0. The average molecular weight is 449 g/mol. The predicted molar refractivity (Wildman–Crippen MR) is 95.3 cm³/mol. The number of hydrogen-bond acceptors (Lipinski definition) is 3. The van der Waals surface area contributed by atoms with E-state index in [0.717, 1.165) is 6.07 Å². The lowest BCUT2D eigenvalue weighted by Gasteiger charge is -2.43. The smallest absolute Gasteiger partial charge is 0.417 e. The Kier molecular flexibility index (Phi) is 4.73. The van der Waals surface area contributed by atoms with Gasteiger partial charge in [0.25, 0.3) is 5.91 Å². The summed E-state index contributed by atoms with van der Waals surface area (Å²) in [7, 11) is 0. The fourth-order valence-corrected chi connectivity index (χ4v) is 4.17. The molecule has 2 atom stereocenters. The van der Waals surface area contributed by atoms with Gasteiger partial charge in [0.15, 0.2) is 0 Å². The molecule has 2 amide bonds. The van der Waals surface area contributed by atoms with Crippen LogP contribution in [0.2, 0.25) is 0 Å². The normalized spacial score (nSPS) is 22.6. The molecule has 0 unspecified atom stereocenters. The molecule has 3 rings (SSSR count). The molecule has 0 aliphatic carbocycles. The van der Waals surface area contributed by atoms with Crippen LogP contribution in [0.4, 0.5) is 18.0 Å². The summed E-state index contributed by atoms with van der Waals surface area (Å²) in [5.41, 5.74) is -1.69. The fraction of sp³-hybridized carbons (Fsp3) is 0.556. The average Bonchev–Trinajstić information content (AvgIpc) is 2.77. The summed E-state index contributed by atoms with van der Waals surface area (Å²) in [4.78, 5) is 28.1. The number of carbonyl (C=O) groups is 2. The molecule has 1 aromatic rings. The summed E-state index contributed by atoms with van der Waals surface area (Å²) >= 11 is 3.11. The number of hydrogen-bond donors (Lipinski definition) is 0. The Morgan fingerprint density at radius 1 is 1.22 bits per heavy atom. The van der Waals surface area contributed by atoms with Crippen LogP contribution in [-0.4, -0.2) is 46.5 Å². The highest BCUT2D eigenvalue weighted by molar-refractivity contribution is 9.10. The standard InChI is InChI=1S/C18H20BrF3N2O3/c1-9-14-11-7-10(19)8-12(18(20,21)22)13(11)15(25)24(14)6-5-23(9)16(26)27-17(2,3)4/h7-9,14H,5-6H2,1-4H3/t9-,14-/m0/s1. The summed E-state index contributed by atoms with van der Waals surface area (Å²) in [5.74, 6) is -0.648. The quantitative estimate of drug-likeness (QED) is 0.582. The van der Waals surface area contributed by atoms with Gasteiger partial charge >= 0.3 is 12.3 Å². The molecular weight excluding hydrogens is 429 g/mol. The number of fused-ring (bicyclic) bond motifs is 3. The van der Waals surface area contributed by atoms with E-state index in [1.807, 2.05) is 0 Å². The molecule has 148 valence electrons. The second-order valence-corrected chi connectivity index (χ2v) is 8.69. The van der Waals surface area contributed by atoms with E-state index in [2.05, 4.69) is 15.9 Å². The largest absolute Gasteiger partial charge is 0.444 e. The van der Waals surface area contributed by atoms with Gasteiger partial charge in [-0.3, -0.25) is 4.79 Å². The van der Waals surface area contributed by atoms with E-state index in [4.69, 9.17) is 4.74 Å². The van der Waals surface area contributed by atoms with Gasteiger partial charge in [-0.05, 0) is 45.4 Å². The maximum absolute atomic E-state index is 13.5. The summed E-state index contributed by atoms with van der Waals surface area (Å²) in [5, 5.41) is 0. The summed E-state index contributed by atoms with van der Waals surface area (Å²) in [6, 6.07) is 1.29. The van der Waals surface area contributed by atoms with Gasteiger partial charge in [0.2, 0.25) is 0 Å². The van der Waals surface area contributed by atoms with Gasteiger partial charge in [-0.25, -0.2) is 4.79 Å². The number of piperazine rings is 1. The Morgan fingerprint density at radius 2 is 1.85 bits per heavy atom. The Hall–Kier alpha value is -1.77. The van der Waals surface area contributed by atoms with Crippen molar-refractivity contribution < 1.29 is 27.5 Å². The van der Waals surface area contributed by atoms with Crippen LogP contribution in [-0.2, 0) is 10.9 Å². The predicted octanol–water partition coefficient (Wildman–Crippen LogP) is 4.60. The molecule has 0 aromatic heterocycles. The fourth-order valence-electron chi connectivity index (χ4n) is 3.69. The highest BCUT2D eigenvalue weighted by Gasteiger charge is 2.50. The summed E-state index contributed by atoms with van der Waals surface area (Å²) in [6.45, 7) is 7.30. The summed E-state index contributed by atoms with van der Waals surface area (Å²) in [6.07, 6.45) is -5.19. The molecule has 0 N–H and O–H groups in total. The van der Waals surface area contributed by atoms with Gasteiger partial charge in [-0.1, -0.05) is 15.9 Å². The monoisotopic (exact) mass is 448 g/mol. The number of nitrogens with zero attached hydrogens (tertiary/aromatic N) is 2. The molecule has 1 aromatic carbocycles. The molecule has 0 spiro atoms. The maximum Gasteiger partial charge on any atom is 0.417 e. The van der Waals surface area contributed by atoms with E-state index in [1.165, 1.54) is 15.9 Å². The molecule has 2 heterocycles. The number of benzene rings is 1. The molecular formula is C18H20BrF3N2O3. The zero-order valence-corrected chi connectivity index (χ0v) is 16.9. The van der Waals surface area contributed by atoms with Crippen LogP contribution in [0.15, 0.2) is 16.6 Å². The number of alkyl halides is 3. The Balaban J connectivity index is 2.03. The maximum atomic E-state index is 13.5. The second kappa shape index (κ2) is 6.39. The molecule has 1 saturated heterocycles. The highest BCUT2D eigenvalue weighted by atomic mass is 79.9. The van der Waals surface area contributed by atoms with Crippen LogP contribution in [0, 0.1) is 0 Å². The van der Waals surface area contributed by atoms with Crippen molar-refractivity contribution in [3.63, 3.8) is 0 Å².